The molecule has 0 aliphatic heterocycles. The first kappa shape index (κ1) is 13.0. The maximum Gasteiger partial charge on any atom is 0.389 e. The Morgan fingerprint density at radius 2 is 2.19 bits per heavy atom. The minimum atomic E-state index is -4.07. The van der Waals surface area contributed by atoms with Crippen LogP contribution in [0.25, 0.3) is 0 Å². The SMILES string of the molecule is CC(N)Cc1cn(CCCC(F)(F)F)cn1. The van der Waals surface area contributed by atoms with Crippen LogP contribution in [0.3, 0.4) is 0 Å². The van der Waals surface area contributed by atoms with E-state index in [0.717, 1.165) is 5.69 Å². The van der Waals surface area contributed by atoms with Gasteiger partial charge in [0.15, 0.2) is 0 Å². The molecule has 0 aliphatic rings. The molecule has 0 fully saturated rings. The molecule has 3 nitrogen and oxygen atoms in total. The van der Waals surface area contributed by atoms with Crippen molar-refractivity contribution in [2.75, 3.05) is 0 Å². The first-order valence-electron chi connectivity index (χ1n) is 5.20. The van der Waals surface area contributed by atoms with Gasteiger partial charge in [0.25, 0.3) is 0 Å². The normalized spacial score (nSPS) is 14.1. The van der Waals surface area contributed by atoms with Crippen molar-refractivity contribution >= 4 is 0 Å². The van der Waals surface area contributed by atoms with E-state index < -0.39 is 12.6 Å². The molecule has 1 aromatic heterocycles. The summed E-state index contributed by atoms with van der Waals surface area (Å²) in [4.78, 5) is 4.07. The molecular formula is C10H16F3N3. The summed E-state index contributed by atoms with van der Waals surface area (Å²) < 4.78 is 37.4. The monoisotopic (exact) mass is 235 g/mol. The van der Waals surface area contributed by atoms with Crippen molar-refractivity contribution in [2.24, 2.45) is 5.73 Å². The van der Waals surface area contributed by atoms with Crippen molar-refractivity contribution in [1.29, 1.82) is 0 Å². The topological polar surface area (TPSA) is 43.8 Å². The van der Waals surface area contributed by atoms with Crippen LogP contribution in [0.4, 0.5) is 13.2 Å². The van der Waals surface area contributed by atoms with Gasteiger partial charge in [0.2, 0.25) is 0 Å². The predicted octanol–water partition coefficient (Wildman–Crippen LogP) is 2.12. The molecule has 1 aromatic rings. The minimum Gasteiger partial charge on any atom is -0.337 e. The van der Waals surface area contributed by atoms with Crippen molar-refractivity contribution < 1.29 is 13.2 Å². The largest absolute Gasteiger partial charge is 0.389 e. The summed E-state index contributed by atoms with van der Waals surface area (Å²) in [6.45, 7) is 2.20. The third-order valence-corrected chi connectivity index (χ3v) is 2.09. The molecule has 0 aliphatic carbocycles. The Hall–Kier alpha value is -1.04. The smallest absolute Gasteiger partial charge is 0.337 e. The number of nitrogens with two attached hydrogens (primary N) is 1. The molecule has 0 radical (unpaired) electrons. The van der Waals surface area contributed by atoms with Gasteiger partial charge < -0.3 is 10.3 Å². The van der Waals surface area contributed by atoms with E-state index in [1.165, 1.54) is 0 Å². The molecule has 0 bridgehead atoms. The van der Waals surface area contributed by atoms with Crippen molar-refractivity contribution in [1.82, 2.24) is 9.55 Å². The zero-order valence-electron chi connectivity index (χ0n) is 9.17. The molecule has 1 atom stereocenters. The summed E-state index contributed by atoms with van der Waals surface area (Å²) in [7, 11) is 0. The molecule has 1 unspecified atom stereocenters. The predicted molar refractivity (Wildman–Crippen MR) is 54.9 cm³/mol. The molecule has 0 aromatic carbocycles. The Labute approximate surface area is 92.5 Å². The first-order chi connectivity index (χ1) is 7.37. The lowest BCUT2D eigenvalue weighted by Gasteiger charge is -2.05. The van der Waals surface area contributed by atoms with Crippen LogP contribution in [-0.2, 0) is 13.0 Å². The van der Waals surface area contributed by atoms with E-state index in [0.29, 0.717) is 13.0 Å². The zero-order valence-corrected chi connectivity index (χ0v) is 9.17. The fourth-order valence-corrected chi connectivity index (χ4v) is 1.43. The molecule has 0 saturated heterocycles. The molecule has 0 amide bonds. The fourth-order valence-electron chi connectivity index (χ4n) is 1.43. The summed E-state index contributed by atoms with van der Waals surface area (Å²) >= 11 is 0. The summed E-state index contributed by atoms with van der Waals surface area (Å²) in [5.74, 6) is 0. The molecule has 6 heteroatoms. The number of alkyl halides is 3. The van der Waals surface area contributed by atoms with Gasteiger partial charge in [-0.05, 0) is 13.3 Å². The van der Waals surface area contributed by atoms with E-state index in [9.17, 15) is 13.2 Å². The number of halogens is 3. The number of hydrogen-bond donors (Lipinski definition) is 1. The average molecular weight is 235 g/mol. The minimum absolute atomic E-state index is 0.0125. The maximum atomic E-state index is 11.9. The van der Waals surface area contributed by atoms with Crippen LogP contribution < -0.4 is 5.73 Å². The van der Waals surface area contributed by atoms with Crippen LogP contribution in [0, 0.1) is 0 Å². The van der Waals surface area contributed by atoms with Gasteiger partial charge in [-0.3, -0.25) is 0 Å². The second kappa shape index (κ2) is 5.34. The number of aryl methyl sites for hydroxylation is 1. The number of nitrogens with zero attached hydrogens (tertiary/aromatic N) is 2. The second-order valence-corrected chi connectivity index (χ2v) is 4.00. The Bertz CT molecular complexity index is 317. The quantitative estimate of drug-likeness (QED) is 0.849. The van der Waals surface area contributed by atoms with Gasteiger partial charge in [-0.15, -0.1) is 0 Å². The van der Waals surface area contributed by atoms with Gasteiger partial charge in [-0.2, -0.15) is 13.2 Å². The Morgan fingerprint density at radius 3 is 2.75 bits per heavy atom. The molecular weight excluding hydrogens is 219 g/mol. The first-order valence-corrected chi connectivity index (χ1v) is 5.20. The lowest BCUT2D eigenvalue weighted by Crippen LogP contribution is -2.17. The van der Waals surface area contributed by atoms with Crippen LogP contribution in [0.15, 0.2) is 12.5 Å². The summed E-state index contributed by atoms with van der Waals surface area (Å²) in [5, 5.41) is 0. The van der Waals surface area contributed by atoms with Crippen LogP contribution in [0.5, 0.6) is 0 Å². The molecule has 2 N–H and O–H groups in total. The van der Waals surface area contributed by atoms with E-state index in [4.69, 9.17) is 5.73 Å². The van der Waals surface area contributed by atoms with Gasteiger partial charge >= 0.3 is 6.18 Å². The van der Waals surface area contributed by atoms with Gasteiger partial charge in [-0.1, -0.05) is 0 Å². The summed E-state index contributed by atoms with van der Waals surface area (Å²) in [6, 6.07) is 0.0125. The van der Waals surface area contributed by atoms with E-state index in [2.05, 4.69) is 4.98 Å². The van der Waals surface area contributed by atoms with Crippen molar-refractivity contribution in [3.63, 3.8) is 0 Å². The fraction of sp³-hybridized carbons (Fsp3) is 0.700. The molecule has 16 heavy (non-hydrogen) atoms. The van der Waals surface area contributed by atoms with E-state index in [1.807, 2.05) is 6.92 Å². The molecule has 92 valence electrons. The highest BCUT2D eigenvalue weighted by atomic mass is 19.4. The van der Waals surface area contributed by atoms with Crippen molar-refractivity contribution in [2.45, 2.75) is 44.9 Å². The van der Waals surface area contributed by atoms with Gasteiger partial charge in [0, 0.05) is 31.6 Å². The summed E-state index contributed by atoms with van der Waals surface area (Å²) in [5.41, 5.74) is 6.41. The standard InChI is InChI=1S/C10H16F3N3/c1-8(14)5-9-6-16(7-15-9)4-2-3-10(11,12)13/h6-8H,2-5,14H2,1H3. The Kier molecular flexibility index (Phi) is 4.35. The van der Waals surface area contributed by atoms with Crippen LogP contribution in [-0.4, -0.2) is 21.8 Å². The lowest BCUT2D eigenvalue weighted by molar-refractivity contribution is -0.135. The van der Waals surface area contributed by atoms with Crippen LogP contribution in [0.1, 0.15) is 25.5 Å². The Morgan fingerprint density at radius 1 is 1.50 bits per heavy atom. The second-order valence-electron chi connectivity index (χ2n) is 4.00. The van der Waals surface area contributed by atoms with Gasteiger partial charge in [0.05, 0.1) is 12.0 Å². The molecule has 0 spiro atoms. The van der Waals surface area contributed by atoms with Crippen LogP contribution in [0.2, 0.25) is 0 Å². The van der Waals surface area contributed by atoms with E-state index in [1.54, 1.807) is 17.1 Å². The highest BCUT2D eigenvalue weighted by molar-refractivity contribution is 4.98. The van der Waals surface area contributed by atoms with Gasteiger partial charge in [-0.25, -0.2) is 4.98 Å². The maximum absolute atomic E-state index is 11.9. The molecule has 0 saturated carbocycles. The number of rotatable bonds is 5. The van der Waals surface area contributed by atoms with E-state index >= 15 is 0 Å². The third-order valence-electron chi connectivity index (χ3n) is 2.09. The lowest BCUT2D eigenvalue weighted by atomic mass is 10.2. The number of hydrogen-bond acceptors (Lipinski definition) is 2. The van der Waals surface area contributed by atoms with Crippen molar-refractivity contribution in [3.8, 4) is 0 Å². The highest BCUT2D eigenvalue weighted by Crippen LogP contribution is 2.21. The van der Waals surface area contributed by atoms with Gasteiger partial charge in [0.1, 0.15) is 0 Å². The third kappa shape index (κ3) is 5.16. The van der Waals surface area contributed by atoms with Crippen LogP contribution >= 0.6 is 0 Å². The average Bonchev–Trinajstić information content (AvgIpc) is 2.49. The zero-order chi connectivity index (χ0) is 12.2. The molecule has 1 rings (SSSR count). The highest BCUT2D eigenvalue weighted by Gasteiger charge is 2.25. The number of imidazole rings is 1. The number of aromatic nitrogens is 2. The molecule has 1 heterocycles. The Balaban J connectivity index is 2.35. The summed E-state index contributed by atoms with van der Waals surface area (Å²) in [6.07, 6.45) is -0.805. The van der Waals surface area contributed by atoms with Crippen molar-refractivity contribution in [3.05, 3.63) is 18.2 Å². The van der Waals surface area contributed by atoms with E-state index in [-0.39, 0.29) is 12.5 Å².